The first-order valence-electron chi connectivity index (χ1n) is 9.41. The monoisotopic (exact) mass is 370 g/mol. The first-order chi connectivity index (χ1) is 12.4. The second-order valence-corrected chi connectivity index (χ2v) is 8.32. The summed E-state index contributed by atoms with van der Waals surface area (Å²) in [7, 11) is 0. The van der Waals surface area contributed by atoms with Crippen molar-refractivity contribution >= 4 is 17.5 Å². The summed E-state index contributed by atoms with van der Waals surface area (Å²) in [5.41, 5.74) is 2.32. The van der Waals surface area contributed by atoms with Crippen molar-refractivity contribution in [2.45, 2.75) is 33.1 Å². The van der Waals surface area contributed by atoms with Gasteiger partial charge in [-0.15, -0.1) is 0 Å². The van der Waals surface area contributed by atoms with Crippen molar-refractivity contribution in [2.75, 3.05) is 32.7 Å². The van der Waals surface area contributed by atoms with Gasteiger partial charge in [-0.3, -0.25) is 9.69 Å². The van der Waals surface area contributed by atoms with Crippen LogP contribution in [0.3, 0.4) is 0 Å². The third-order valence-corrected chi connectivity index (χ3v) is 5.53. The lowest BCUT2D eigenvalue weighted by Gasteiger charge is -2.40. The lowest BCUT2D eigenvalue weighted by molar-refractivity contribution is -0.131. The van der Waals surface area contributed by atoms with Gasteiger partial charge in [-0.25, -0.2) is 0 Å². The SMILES string of the molecule is CC1(C)CN(CC(=O)N2CCCC2)CC/C1=C\C#Cc1cccc(Cl)c1. The van der Waals surface area contributed by atoms with Crippen LogP contribution < -0.4 is 0 Å². The molecule has 138 valence electrons. The van der Waals surface area contributed by atoms with E-state index in [1.807, 2.05) is 29.2 Å². The topological polar surface area (TPSA) is 23.6 Å². The number of hydrogen-bond acceptors (Lipinski definition) is 2. The fraction of sp³-hybridized carbons (Fsp3) is 0.500. The highest BCUT2D eigenvalue weighted by molar-refractivity contribution is 6.30. The summed E-state index contributed by atoms with van der Waals surface area (Å²) in [6, 6.07) is 7.62. The minimum absolute atomic E-state index is 0.0343. The maximum atomic E-state index is 12.4. The van der Waals surface area contributed by atoms with E-state index in [0.29, 0.717) is 11.6 Å². The minimum atomic E-state index is 0.0343. The molecule has 1 aromatic rings. The highest BCUT2D eigenvalue weighted by atomic mass is 35.5. The Hall–Kier alpha value is -1.76. The number of rotatable bonds is 2. The summed E-state index contributed by atoms with van der Waals surface area (Å²) in [5.74, 6) is 6.64. The fourth-order valence-electron chi connectivity index (χ4n) is 3.79. The molecular formula is C22H27ClN2O. The van der Waals surface area contributed by atoms with Crippen molar-refractivity contribution in [3.63, 3.8) is 0 Å². The molecule has 0 spiro atoms. The molecule has 0 unspecified atom stereocenters. The molecule has 3 nitrogen and oxygen atoms in total. The molecule has 0 radical (unpaired) electrons. The zero-order valence-corrected chi connectivity index (χ0v) is 16.5. The van der Waals surface area contributed by atoms with Crippen LogP contribution in [0.1, 0.15) is 38.7 Å². The molecule has 2 aliphatic heterocycles. The number of carbonyl (C=O) groups is 1. The van der Waals surface area contributed by atoms with Crippen LogP contribution in [0, 0.1) is 17.3 Å². The van der Waals surface area contributed by atoms with Crippen molar-refractivity contribution in [1.29, 1.82) is 0 Å². The molecule has 0 saturated carbocycles. The van der Waals surface area contributed by atoms with Gasteiger partial charge in [-0.2, -0.15) is 0 Å². The van der Waals surface area contributed by atoms with E-state index < -0.39 is 0 Å². The number of allylic oxidation sites excluding steroid dienone is 1. The van der Waals surface area contributed by atoms with Crippen LogP contribution in [0.2, 0.25) is 5.02 Å². The summed E-state index contributed by atoms with van der Waals surface area (Å²) in [5, 5.41) is 0.709. The van der Waals surface area contributed by atoms with E-state index in [-0.39, 0.29) is 11.3 Å². The average molecular weight is 371 g/mol. The number of halogens is 1. The first kappa shape index (κ1) is 19.0. The lowest BCUT2D eigenvalue weighted by Crippen LogP contribution is -2.46. The van der Waals surface area contributed by atoms with E-state index in [9.17, 15) is 4.79 Å². The van der Waals surface area contributed by atoms with Crippen LogP contribution in [0.4, 0.5) is 0 Å². The second-order valence-electron chi connectivity index (χ2n) is 7.88. The van der Waals surface area contributed by atoms with Crippen molar-refractivity contribution in [2.24, 2.45) is 5.41 Å². The maximum absolute atomic E-state index is 12.4. The molecule has 0 N–H and O–H groups in total. The number of amides is 1. The van der Waals surface area contributed by atoms with Gasteiger partial charge in [0.15, 0.2) is 0 Å². The standard InChI is InChI=1S/C22H27ClN2O/c1-22(2)17-24(16-21(26)25-12-3-4-13-25)14-11-19(22)9-5-7-18-8-6-10-20(23)15-18/h6,8-10,15H,3-4,11-14,16-17H2,1-2H3/b19-9+. The molecule has 2 heterocycles. The largest absolute Gasteiger partial charge is 0.342 e. The number of likely N-dealkylation sites (tertiary alicyclic amines) is 2. The Balaban J connectivity index is 1.61. The number of benzene rings is 1. The van der Waals surface area contributed by atoms with Gasteiger partial charge in [0.2, 0.25) is 5.91 Å². The zero-order chi connectivity index (χ0) is 18.6. The normalized spacial score (nSPS) is 21.5. The molecular weight excluding hydrogens is 344 g/mol. The molecule has 1 aromatic carbocycles. The van der Waals surface area contributed by atoms with Crippen molar-refractivity contribution in [3.05, 3.63) is 46.5 Å². The van der Waals surface area contributed by atoms with Gasteiger partial charge in [0.25, 0.3) is 0 Å². The number of piperidine rings is 1. The van der Waals surface area contributed by atoms with Gasteiger partial charge in [-0.05, 0) is 49.0 Å². The summed E-state index contributed by atoms with van der Waals surface area (Å²) in [4.78, 5) is 16.7. The third kappa shape index (κ3) is 4.90. The van der Waals surface area contributed by atoms with E-state index in [1.54, 1.807) is 0 Å². The van der Waals surface area contributed by atoms with Gasteiger partial charge in [-0.1, -0.05) is 48.9 Å². The fourth-order valence-corrected chi connectivity index (χ4v) is 3.98. The van der Waals surface area contributed by atoms with E-state index in [2.05, 4.69) is 36.7 Å². The molecule has 0 atom stereocenters. The zero-order valence-electron chi connectivity index (χ0n) is 15.7. The van der Waals surface area contributed by atoms with Gasteiger partial charge in [0.05, 0.1) is 6.54 Å². The summed E-state index contributed by atoms with van der Waals surface area (Å²) < 4.78 is 0. The molecule has 2 aliphatic rings. The first-order valence-corrected chi connectivity index (χ1v) is 9.79. The van der Waals surface area contributed by atoms with E-state index in [0.717, 1.165) is 51.0 Å². The summed E-state index contributed by atoms with van der Waals surface area (Å²) in [6.45, 7) is 8.72. The molecule has 0 bridgehead atoms. The van der Waals surface area contributed by atoms with Gasteiger partial charge in [0.1, 0.15) is 0 Å². The van der Waals surface area contributed by atoms with Crippen molar-refractivity contribution in [3.8, 4) is 11.8 Å². The highest BCUT2D eigenvalue weighted by Gasteiger charge is 2.32. The molecule has 26 heavy (non-hydrogen) atoms. The third-order valence-electron chi connectivity index (χ3n) is 5.29. The predicted octanol–water partition coefficient (Wildman–Crippen LogP) is 3.97. The Morgan fingerprint density at radius 2 is 2.04 bits per heavy atom. The molecule has 2 fully saturated rings. The minimum Gasteiger partial charge on any atom is -0.342 e. The highest BCUT2D eigenvalue weighted by Crippen LogP contribution is 2.34. The molecule has 0 aromatic heterocycles. The number of hydrogen-bond donors (Lipinski definition) is 0. The van der Waals surface area contributed by atoms with Crippen LogP contribution in [-0.2, 0) is 4.79 Å². The quantitative estimate of drug-likeness (QED) is 0.735. The second kappa shape index (κ2) is 8.29. The Labute approximate surface area is 162 Å². The van der Waals surface area contributed by atoms with Crippen LogP contribution in [0.25, 0.3) is 0 Å². The predicted molar refractivity (Wildman–Crippen MR) is 107 cm³/mol. The molecule has 3 rings (SSSR count). The Bertz CT molecular complexity index is 751. The average Bonchev–Trinajstić information content (AvgIpc) is 3.11. The van der Waals surface area contributed by atoms with Gasteiger partial charge < -0.3 is 4.90 Å². The smallest absolute Gasteiger partial charge is 0.236 e. The molecule has 2 saturated heterocycles. The Morgan fingerprint density at radius 1 is 1.27 bits per heavy atom. The van der Waals surface area contributed by atoms with Crippen LogP contribution in [0.15, 0.2) is 35.9 Å². The van der Waals surface area contributed by atoms with Crippen LogP contribution in [-0.4, -0.2) is 48.4 Å². The van der Waals surface area contributed by atoms with Crippen molar-refractivity contribution in [1.82, 2.24) is 9.80 Å². The molecule has 0 aliphatic carbocycles. The van der Waals surface area contributed by atoms with Crippen molar-refractivity contribution < 1.29 is 4.79 Å². The van der Waals surface area contributed by atoms with E-state index in [4.69, 9.17) is 11.6 Å². The molecule has 1 amide bonds. The van der Waals surface area contributed by atoms with E-state index >= 15 is 0 Å². The number of carbonyl (C=O) groups excluding carboxylic acids is 1. The number of nitrogens with zero attached hydrogens (tertiary/aromatic N) is 2. The summed E-state index contributed by atoms with van der Waals surface area (Å²) in [6.07, 6.45) is 5.32. The molecule has 4 heteroatoms. The summed E-state index contributed by atoms with van der Waals surface area (Å²) >= 11 is 6.00. The maximum Gasteiger partial charge on any atom is 0.236 e. The van der Waals surface area contributed by atoms with Crippen LogP contribution in [0.5, 0.6) is 0 Å². The van der Waals surface area contributed by atoms with E-state index in [1.165, 1.54) is 5.57 Å². The van der Waals surface area contributed by atoms with Gasteiger partial charge in [0, 0.05) is 36.8 Å². The Kier molecular flexibility index (Phi) is 6.06. The Morgan fingerprint density at radius 3 is 2.73 bits per heavy atom. The van der Waals surface area contributed by atoms with Gasteiger partial charge >= 0.3 is 0 Å². The lowest BCUT2D eigenvalue weighted by atomic mass is 9.78. The van der Waals surface area contributed by atoms with Crippen LogP contribution >= 0.6 is 11.6 Å².